The Morgan fingerprint density at radius 1 is 0.310 bits per heavy atom. The van der Waals surface area contributed by atoms with E-state index >= 15 is 0 Å². The third-order valence-electron chi connectivity index (χ3n) is 11.8. The maximum Gasteiger partial charge on any atom is 0.0900 e. The van der Waals surface area contributed by atoms with Crippen molar-refractivity contribution in [2.75, 3.05) is 0 Å². The van der Waals surface area contributed by atoms with E-state index in [1.165, 1.54) is 90.7 Å². The zero-order valence-corrected chi connectivity index (χ0v) is 55.0. The molecule has 6 aromatic rings. The quantitative estimate of drug-likeness (QED) is 0.122. The zero-order valence-electron chi connectivity index (χ0n) is 50.1. The van der Waals surface area contributed by atoms with Crippen molar-refractivity contribution in [1.29, 1.82) is 0 Å². The Morgan fingerprint density at radius 3 is 0.859 bits per heavy atom. The molecule has 0 fully saturated rings. The summed E-state index contributed by atoms with van der Waals surface area (Å²) in [5.74, 6) is 7.19. The van der Waals surface area contributed by atoms with Gasteiger partial charge < -0.3 is 0 Å². The molecular weight excluding hydrogens is 985 g/mol. The van der Waals surface area contributed by atoms with Gasteiger partial charge in [0.25, 0.3) is 0 Å². The van der Waals surface area contributed by atoms with Crippen LogP contribution in [0.25, 0.3) is 0 Å². The highest BCUT2D eigenvalue weighted by atomic mass is 32.1. The molecule has 6 aromatic heterocycles. The lowest BCUT2D eigenvalue weighted by molar-refractivity contribution is 0.772. The van der Waals surface area contributed by atoms with Gasteiger partial charge in [0.15, 0.2) is 0 Å². The highest BCUT2D eigenvalue weighted by Gasteiger charge is 2.20. The van der Waals surface area contributed by atoms with Crippen molar-refractivity contribution in [2.24, 2.45) is 0 Å². The minimum absolute atomic E-state index is 0.562. The maximum absolute atomic E-state index is 4.55. The number of hydrogen-bond donors (Lipinski definition) is 0. The van der Waals surface area contributed by atoms with Crippen LogP contribution in [-0.2, 0) is 0 Å². The van der Waals surface area contributed by atoms with Gasteiger partial charge in [0.2, 0.25) is 0 Å². The second-order valence-electron chi connectivity index (χ2n) is 22.6. The SMILES string of the molecule is CC(C)c1ncsc1C(C)C.Cc1nc(C(C)C)c(C(C)C)s1.Cc1nsc(C(C)C)c1C(C)C.Cc1nsc(C(C)C)c1C(C)C.Cc1snc(C(C)C)c1C(C)C.Cc1snc(C(C)C)c1C(C)C. The van der Waals surface area contributed by atoms with E-state index in [9.17, 15) is 0 Å². The van der Waals surface area contributed by atoms with Gasteiger partial charge in [0.1, 0.15) is 0 Å². The van der Waals surface area contributed by atoms with Crippen LogP contribution in [0.5, 0.6) is 0 Å². The van der Waals surface area contributed by atoms with Gasteiger partial charge in [-0.3, -0.25) is 0 Å². The normalized spacial score (nSPS) is 11.6. The standard InChI is InChI=1S/5C10H17NS.C9H15NS/c1-6(2)9-10(7(3)4)12-8(5)11-9;2*1-6(2)9-8(5)12-11-10(9)7(3)4;2*1-6(2)9-8(5)11-12-10(9)7(3)4;1-6(2)8-9(7(3)4)11-5-10-8/h5*6-7H,1-5H3;5-7H,1-4H3. The molecule has 12 heteroatoms. The van der Waals surface area contributed by atoms with Crippen molar-refractivity contribution in [3.8, 4) is 0 Å². The highest BCUT2D eigenvalue weighted by molar-refractivity contribution is 7.11. The summed E-state index contributed by atoms with van der Waals surface area (Å²) in [6, 6.07) is 0. The van der Waals surface area contributed by atoms with Crippen molar-refractivity contribution in [1.82, 2.24) is 27.5 Å². The molecule has 71 heavy (non-hydrogen) atoms. The minimum Gasteiger partial charge on any atom is -0.249 e. The predicted molar refractivity (Wildman–Crippen MR) is 325 cm³/mol. The van der Waals surface area contributed by atoms with E-state index in [0.717, 1.165) is 0 Å². The Hall–Kier alpha value is -2.22. The van der Waals surface area contributed by atoms with Gasteiger partial charge in [-0.15, -0.1) is 22.7 Å². The first-order valence-corrected chi connectivity index (χ1v) is 31.3. The molecule has 0 aliphatic rings. The van der Waals surface area contributed by atoms with Crippen LogP contribution in [0.3, 0.4) is 0 Å². The Kier molecular flexibility index (Phi) is 29.7. The highest BCUT2D eigenvalue weighted by Crippen LogP contribution is 2.35. The molecule has 0 saturated carbocycles. The van der Waals surface area contributed by atoms with Crippen LogP contribution in [0.2, 0.25) is 0 Å². The van der Waals surface area contributed by atoms with Crippen LogP contribution in [0.1, 0.15) is 328 Å². The van der Waals surface area contributed by atoms with Gasteiger partial charge in [0.05, 0.1) is 44.7 Å². The first-order chi connectivity index (χ1) is 32.8. The van der Waals surface area contributed by atoms with E-state index in [1.54, 1.807) is 57.5 Å². The number of nitrogens with zero attached hydrogens (tertiary/aromatic N) is 6. The van der Waals surface area contributed by atoms with Gasteiger partial charge in [-0.1, -0.05) is 166 Å². The molecule has 6 nitrogen and oxygen atoms in total. The molecule has 0 bridgehead atoms. The molecule has 0 saturated heterocycles. The third kappa shape index (κ3) is 20.4. The average molecular weight is 1090 g/mol. The lowest BCUT2D eigenvalue weighted by Gasteiger charge is -2.09. The predicted octanol–water partition coefficient (Wildman–Crippen LogP) is 21.9. The van der Waals surface area contributed by atoms with E-state index < -0.39 is 0 Å². The molecule has 402 valence electrons. The van der Waals surface area contributed by atoms with Crippen molar-refractivity contribution < 1.29 is 0 Å². The molecule has 0 spiro atoms. The van der Waals surface area contributed by atoms with Crippen LogP contribution in [0, 0.1) is 34.6 Å². The minimum atomic E-state index is 0.562. The van der Waals surface area contributed by atoms with Crippen LogP contribution >= 0.6 is 68.8 Å². The largest absolute Gasteiger partial charge is 0.249 e. The second kappa shape index (κ2) is 31.6. The Balaban J connectivity index is 0.000000426. The van der Waals surface area contributed by atoms with E-state index in [2.05, 4.69) is 228 Å². The molecule has 0 aliphatic carbocycles. The maximum atomic E-state index is 4.55. The lowest BCUT2D eigenvalue weighted by atomic mass is 9.96. The smallest absolute Gasteiger partial charge is 0.0900 e. The summed E-state index contributed by atoms with van der Waals surface area (Å²) in [7, 11) is 0. The summed E-state index contributed by atoms with van der Waals surface area (Å²) in [4.78, 5) is 17.5. The van der Waals surface area contributed by atoms with E-state index in [4.69, 9.17) is 0 Å². The summed E-state index contributed by atoms with van der Waals surface area (Å²) >= 11 is 10.2. The molecule has 0 amide bonds. The monoisotopic (exact) mass is 1080 g/mol. The summed E-state index contributed by atoms with van der Waals surface area (Å²) in [5.41, 5.74) is 15.4. The molecule has 0 aromatic carbocycles. The molecule has 0 N–H and O–H groups in total. The number of hydrogen-bond acceptors (Lipinski definition) is 12. The molecule has 6 heterocycles. The summed E-state index contributed by atoms with van der Waals surface area (Å²) in [6.07, 6.45) is 0. The average Bonchev–Trinajstić information content (AvgIpc) is 4.11. The van der Waals surface area contributed by atoms with Gasteiger partial charge in [-0.25, -0.2) is 9.97 Å². The van der Waals surface area contributed by atoms with Gasteiger partial charge in [-0.2, -0.15) is 17.5 Å². The Labute approximate surface area is 460 Å². The summed E-state index contributed by atoms with van der Waals surface area (Å²) in [6.45, 7) is 64.0. The number of aromatic nitrogens is 6. The lowest BCUT2D eigenvalue weighted by Crippen LogP contribution is -1.97. The van der Waals surface area contributed by atoms with Crippen molar-refractivity contribution in [3.05, 3.63) is 96.2 Å². The molecular formula is C59H100N6S6. The number of aryl methyl sites for hydroxylation is 5. The Bertz CT molecular complexity index is 2100. The Morgan fingerprint density at radius 2 is 0.634 bits per heavy atom. The molecule has 0 unspecified atom stereocenters. The van der Waals surface area contributed by atoms with Gasteiger partial charge in [-0.05, 0) is 174 Å². The fourth-order valence-corrected chi connectivity index (χ4v) is 14.5. The van der Waals surface area contributed by atoms with Crippen LogP contribution in [-0.4, -0.2) is 27.5 Å². The first kappa shape index (κ1) is 66.8. The van der Waals surface area contributed by atoms with Crippen LogP contribution < -0.4 is 0 Å². The van der Waals surface area contributed by atoms with Crippen molar-refractivity contribution in [2.45, 2.75) is 272 Å². The molecule has 0 aliphatic heterocycles. The molecule has 0 radical (unpaired) electrons. The van der Waals surface area contributed by atoms with Crippen molar-refractivity contribution >= 4 is 68.8 Å². The van der Waals surface area contributed by atoms with E-state index in [1.807, 2.05) is 16.8 Å². The first-order valence-electron chi connectivity index (χ1n) is 26.5. The van der Waals surface area contributed by atoms with Crippen molar-refractivity contribution in [3.63, 3.8) is 0 Å². The van der Waals surface area contributed by atoms with E-state index in [-0.39, 0.29) is 0 Å². The van der Waals surface area contributed by atoms with Crippen LogP contribution in [0.15, 0.2) is 5.51 Å². The summed E-state index contributed by atoms with van der Waals surface area (Å²) in [5, 5.41) is 1.20. The number of rotatable bonds is 12. The van der Waals surface area contributed by atoms with Gasteiger partial charge >= 0.3 is 0 Å². The fourth-order valence-electron chi connectivity index (χ4n) is 8.47. The number of thiazole rings is 2. The zero-order chi connectivity index (χ0) is 54.9. The fraction of sp³-hybridized carbons (Fsp3) is 0.695. The van der Waals surface area contributed by atoms with Crippen LogP contribution in [0.4, 0.5) is 0 Å². The van der Waals surface area contributed by atoms with Gasteiger partial charge in [0, 0.05) is 29.3 Å². The summed E-state index contributed by atoms with van der Waals surface area (Å²) < 4.78 is 17.8. The molecule has 6 rings (SSSR count). The van der Waals surface area contributed by atoms with E-state index in [0.29, 0.717) is 71.0 Å². The molecule has 0 atom stereocenters. The third-order valence-corrected chi connectivity index (χ3v) is 18.3. The second-order valence-corrected chi connectivity index (χ2v) is 28.3. The topological polar surface area (TPSA) is 77.3 Å².